The highest BCUT2D eigenvalue weighted by Crippen LogP contribution is 2.30. The molecule has 0 amide bonds. The summed E-state index contributed by atoms with van der Waals surface area (Å²) in [7, 11) is -3.93. The number of alkyl halides is 6. The average molecular weight is 496 g/mol. The third-order valence-electron chi connectivity index (χ3n) is 4.67. The smallest absolute Gasteiger partial charge is 0.406 e. The van der Waals surface area contributed by atoms with Gasteiger partial charge in [0.15, 0.2) is 0 Å². The molecule has 0 saturated carbocycles. The van der Waals surface area contributed by atoms with Gasteiger partial charge in [-0.05, 0) is 42.0 Å². The molecule has 1 aliphatic rings. The van der Waals surface area contributed by atoms with Gasteiger partial charge in [0.05, 0.1) is 16.2 Å². The van der Waals surface area contributed by atoms with Crippen LogP contribution < -0.4 is 4.74 Å². The van der Waals surface area contributed by atoms with Crippen molar-refractivity contribution in [1.82, 2.24) is 4.31 Å². The number of sulfonamides is 1. The topological polar surface area (TPSA) is 68.2 Å². The first-order chi connectivity index (χ1) is 15.3. The van der Waals surface area contributed by atoms with Gasteiger partial charge in [-0.15, -0.1) is 13.2 Å². The highest BCUT2D eigenvalue weighted by atomic mass is 32.2. The maximum atomic E-state index is 12.7. The van der Waals surface area contributed by atoms with Gasteiger partial charge in [0.1, 0.15) is 12.4 Å². The van der Waals surface area contributed by atoms with Gasteiger partial charge in [-0.25, -0.2) is 8.42 Å². The summed E-state index contributed by atoms with van der Waals surface area (Å²) in [6, 6.07) is 8.52. The molecule has 6 nitrogen and oxygen atoms in total. The van der Waals surface area contributed by atoms with Crippen LogP contribution in [0.2, 0.25) is 0 Å². The molecule has 2 aromatic rings. The van der Waals surface area contributed by atoms with Gasteiger partial charge in [0.25, 0.3) is 0 Å². The maximum Gasteiger partial charge on any atom is 0.573 e. The van der Waals surface area contributed by atoms with Crippen LogP contribution in [0.4, 0.5) is 26.3 Å². The molecule has 2 aromatic carbocycles. The summed E-state index contributed by atoms with van der Waals surface area (Å²) in [5, 5.41) is 3.90. The Labute approximate surface area is 185 Å². The van der Waals surface area contributed by atoms with Gasteiger partial charge in [-0.2, -0.15) is 17.5 Å². The Morgan fingerprint density at radius 1 is 0.939 bits per heavy atom. The summed E-state index contributed by atoms with van der Waals surface area (Å²) in [4.78, 5) is 4.95. The first-order valence-electron chi connectivity index (χ1n) is 9.54. The van der Waals surface area contributed by atoms with Crippen molar-refractivity contribution in [2.45, 2.75) is 36.9 Å². The highest BCUT2D eigenvalue weighted by molar-refractivity contribution is 7.89. The van der Waals surface area contributed by atoms with Crippen LogP contribution in [0.3, 0.4) is 0 Å². The second-order valence-corrected chi connectivity index (χ2v) is 8.99. The van der Waals surface area contributed by atoms with Crippen LogP contribution in [0.5, 0.6) is 5.75 Å². The summed E-state index contributed by atoms with van der Waals surface area (Å²) in [6.07, 6.45) is -8.88. The molecule has 0 aromatic heterocycles. The zero-order chi connectivity index (χ0) is 24.3. The standard InChI is InChI=1S/C20H18F6N2O4S/c21-19(22,23)15-3-1-2-14(12-15)13-31-27-16-8-10-28(11-9-16)33(29,30)18-6-4-17(5-7-18)32-20(24,25)26/h1-7,12H,8-11,13H2. The quantitative estimate of drug-likeness (QED) is 0.419. The minimum Gasteiger partial charge on any atom is -0.406 e. The van der Waals surface area contributed by atoms with E-state index in [1.165, 1.54) is 16.4 Å². The number of halogens is 6. The van der Waals surface area contributed by atoms with Crippen molar-refractivity contribution in [3.8, 4) is 5.75 Å². The lowest BCUT2D eigenvalue weighted by Gasteiger charge is -2.26. The Kier molecular flexibility index (Phi) is 7.22. The van der Waals surface area contributed by atoms with E-state index in [0.29, 0.717) is 5.71 Å². The second-order valence-electron chi connectivity index (χ2n) is 7.05. The van der Waals surface area contributed by atoms with E-state index in [1.54, 1.807) is 0 Å². The molecule has 0 spiro atoms. The lowest BCUT2D eigenvalue weighted by molar-refractivity contribution is -0.274. The molecule has 0 radical (unpaired) electrons. The number of ether oxygens (including phenoxy) is 1. The summed E-state index contributed by atoms with van der Waals surface area (Å²) < 4.78 is 105. The Balaban J connectivity index is 1.55. The molecule has 13 heteroatoms. The van der Waals surface area contributed by atoms with Gasteiger partial charge in [0, 0.05) is 25.9 Å². The molecular formula is C20H18F6N2O4S. The van der Waals surface area contributed by atoms with Crippen molar-refractivity contribution in [2.24, 2.45) is 5.16 Å². The van der Waals surface area contributed by atoms with Crippen LogP contribution in [0, 0.1) is 0 Å². The largest absolute Gasteiger partial charge is 0.573 e. The van der Waals surface area contributed by atoms with Gasteiger partial charge >= 0.3 is 12.5 Å². The summed E-state index contributed by atoms with van der Waals surface area (Å²) in [5.41, 5.74) is 0.0299. The monoisotopic (exact) mass is 496 g/mol. The van der Waals surface area contributed by atoms with Crippen LogP contribution in [-0.2, 0) is 27.6 Å². The molecule has 1 fully saturated rings. The molecule has 0 aliphatic carbocycles. The summed E-state index contributed by atoms with van der Waals surface area (Å²) in [6.45, 7) is -0.0500. The number of nitrogens with zero attached hydrogens (tertiary/aromatic N) is 2. The third-order valence-corrected chi connectivity index (χ3v) is 6.59. The Hall–Kier alpha value is -2.80. The lowest BCUT2D eigenvalue weighted by atomic mass is 10.1. The zero-order valence-electron chi connectivity index (χ0n) is 16.9. The maximum absolute atomic E-state index is 12.7. The van der Waals surface area contributed by atoms with E-state index < -0.39 is 33.9 Å². The minimum atomic E-state index is -4.88. The number of piperidine rings is 1. The molecule has 0 unspecified atom stereocenters. The van der Waals surface area contributed by atoms with Crippen LogP contribution in [0.1, 0.15) is 24.0 Å². The fraction of sp³-hybridized carbons (Fsp3) is 0.350. The molecule has 180 valence electrons. The minimum absolute atomic E-state index is 0.0644. The number of hydrogen-bond donors (Lipinski definition) is 0. The number of benzene rings is 2. The molecule has 0 atom stereocenters. The van der Waals surface area contributed by atoms with Crippen LogP contribution in [-0.4, -0.2) is 37.9 Å². The second kappa shape index (κ2) is 9.59. The molecular weight excluding hydrogens is 478 g/mol. The first-order valence-corrected chi connectivity index (χ1v) is 11.0. The Morgan fingerprint density at radius 3 is 2.15 bits per heavy atom. The fourth-order valence-electron chi connectivity index (χ4n) is 3.07. The SMILES string of the molecule is O=S(=O)(c1ccc(OC(F)(F)F)cc1)N1CCC(=NOCc2cccc(C(F)(F)F)c2)CC1. The van der Waals surface area contributed by atoms with Crippen molar-refractivity contribution in [1.29, 1.82) is 0 Å². The molecule has 0 bridgehead atoms. The van der Waals surface area contributed by atoms with Crippen molar-refractivity contribution in [3.05, 3.63) is 59.7 Å². The van der Waals surface area contributed by atoms with Gasteiger partial charge in [-0.1, -0.05) is 17.3 Å². The van der Waals surface area contributed by atoms with Crippen molar-refractivity contribution < 1.29 is 44.3 Å². The summed E-state index contributed by atoms with van der Waals surface area (Å²) >= 11 is 0. The van der Waals surface area contributed by atoms with Crippen LogP contribution >= 0.6 is 0 Å². The predicted octanol–water partition coefficient (Wildman–Crippen LogP) is 4.96. The highest BCUT2D eigenvalue weighted by Gasteiger charge is 2.32. The fourth-order valence-corrected chi connectivity index (χ4v) is 4.52. The molecule has 1 saturated heterocycles. The molecule has 3 rings (SSSR count). The molecule has 33 heavy (non-hydrogen) atoms. The van der Waals surface area contributed by atoms with Crippen molar-refractivity contribution in [2.75, 3.05) is 13.1 Å². The lowest BCUT2D eigenvalue weighted by Crippen LogP contribution is -2.38. The Bertz CT molecular complexity index is 1090. The van der Waals surface area contributed by atoms with Gasteiger partial charge in [0.2, 0.25) is 10.0 Å². The Morgan fingerprint density at radius 2 is 1.58 bits per heavy atom. The van der Waals surface area contributed by atoms with E-state index >= 15 is 0 Å². The first kappa shape index (κ1) is 24.8. The summed E-state index contributed by atoms with van der Waals surface area (Å²) in [5.74, 6) is -0.535. The molecule has 0 N–H and O–H groups in total. The van der Waals surface area contributed by atoms with Crippen LogP contribution in [0.25, 0.3) is 0 Å². The normalized spacial score (nSPS) is 15.9. The number of oxime groups is 1. The van der Waals surface area contributed by atoms with Crippen LogP contribution in [0.15, 0.2) is 58.6 Å². The third kappa shape index (κ3) is 6.84. The average Bonchev–Trinajstić information content (AvgIpc) is 2.73. The van der Waals surface area contributed by atoms with Crippen molar-refractivity contribution >= 4 is 15.7 Å². The number of rotatable bonds is 6. The van der Waals surface area contributed by atoms with Gasteiger partial charge < -0.3 is 9.57 Å². The van der Waals surface area contributed by atoms with Crippen molar-refractivity contribution in [3.63, 3.8) is 0 Å². The number of hydrogen-bond acceptors (Lipinski definition) is 5. The van der Waals surface area contributed by atoms with E-state index in [9.17, 15) is 34.8 Å². The van der Waals surface area contributed by atoms with E-state index in [-0.39, 0.29) is 43.0 Å². The van der Waals surface area contributed by atoms with E-state index in [1.807, 2.05) is 0 Å². The van der Waals surface area contributed by atoms with Gasteiger partial charge in [-0.3, -0.25) is 0 Å². The predicted molar refractivity (Wildman–Crippen MR) is 105 cm³/mol. The molecule has 1 aliphatic heterocycles. The molecule has 1 heterocycles. The zero-order valence-corrected chi connectivity index (χ0v) is 17.7. The van der Waals surface area contributed by atoms with E-state index in [2.05, 4.69) is 9.89 Å². The van der Waals surface area contributed by atoms with E-state index in [0.717, 1.165) is 36.4 Å². The van der Waals surface area contributed by atoms with E-state index in [4.69, 9.17) is 4.84 Å².